The standard InChI is InChI=1S/C48H33ClN6O5/c1-27-10-2-8-16-41(27)50-48(59)39-23-29-12-4-6-14-34(29)44(47(39)58)54-52-32-19-21-36-35-20-18-31(24-37(35)46(57)38(36)25-32)51-53-43-33-13-5-3-11-28(33)22-30(45(43)56)26-60-55-42-17-9-7-15-40(42)49/h2-25,55-56,58H,26H2,1H3,(H,50,59). The Morgan fingerprint density at radius 3 is 1.80 bits per heavy atom. The van der Waals surface area contributed by atoms with Crippen LogP contribution in [0, 0.1) is 6.92 Å². The number of aromatic hydroxyl groups is 2. The first-order chi connectivity index (χ1) is 29.2. The maximum Gasteiger partial charge on any atom is 0.259 e. The number of hydrogen-bond acceptors (Lipinski definition) is 10. The minimum Gasteiger partial charge on any atom is -0.505 e. The van der Waals surface area contributed by atoms with Gasteiger partial charge in [0.1, 0.15) is 23.7 Å². The first kappa shape index (κ1) is 37.8. The number of halogens is 1. The van der Waals surface area contributed by atoms with E-state index in [1.807, 2.05) is 91.9 Å². The smallest absolute Gasteiger partial charge is 0.259 e. The van der Waals surface area contributed by atoms with Crippen LogP contribution < -0.4 is 10.8 Å². The van der Waals surface area contributed by atoms with E-state index < -0.39 is 5.91 Å². The Bertz CT molecular complexity index is 3110. The molecule has 4 N–H and O–H groups in total. The van der Waals surface area contributed by atoms with Gasteiger partial charge in [0.15, 0.2) is 11.5 Å². The summed E-state index contributed by atoms with van der Waals surface area (Å²) in [7, 11) is 0. The van der Waals surface area contributed by atoms with E-state index in [-0.39, 0.29) is 40.8 Å². The molecule has 12 heteroatoms. The lowest BCUT2D eigenvalue weighted by atomic mass is 10.0. The Morgan fingerprint density at radius 1 is 0.617 bits per heavy atom. The van der Waals surface area contributed by atoms with E-state index in [1.54, 1.807) is 60.7 Å². The molecule has 0 radical (unpaired) electrons. The average Bonchev–Trinajstić information content (AvgIpc) is 3.54. The SMILES string of the molecule is Cc1ccccc1NC(=O)c1cc2ccccc2c(N=Nc2ccc3c(c2)C(=O)c2cc(N=Nc4c(O)c(CONc5ccccc5Cl)cc5ccccc45)ccc2-3)c1O. The van der Waals surface area contributed by atoms with Gasteiger partial charge in [-0.2, -0.15) is 10.2 Å². The van der Waals surface area contributed by atoms with Crippen LogP contribution >= 0.6 is 11.6 Å². The van der Waals surface area contributed by atoms with Crippen molar-refractivity contribution in [2.75, 3.05) is 10.8 Å². The van der Waals surface area contributed by atoms with Crippen LogP contribution in [-0.4, -0.2) is 21.9 Å². The number of benzene rings is 8. The zero-order valence-corrected chi connectivity index (χ0v) is 32.6. The zero-order valence-electron chi connectivity index (χ0n) is 31.8. The number of carbonyl (C=O) groups excluding carboxylic acids is 2. The lowest BCUT2D eigenvalue weighted by Crippen LogP contribution is -2.13. The highest BCUT2D eigenvalue weighted by molar-refractivity contribution is 6.33. The summed E-state index contributed by atoms with van der Waals surface area (Å²) >= 11 is 6.24. The summed E-state index contributed by atoms with van der Waals surface area (Å²) in [5.41, 5.74) is 8.93. The number of phenols is 2. The van der Waals surface area contributed by atoms with E-state index in [9.17, 15) is 19.8 Å². The van der Waals surface area contributed by atoms with E-state index in [2.05, 4.69) is 31.3 Å². The predicted octanol–water partition coefficient (Wildman–Crippen LogP) is 13.2. The van der Waals surface area contributed by atoms with Gasteiger partial charge in [-0.25, -0.2) is 0 Å². The highest BCUT2D eigenvalue weighted by Crippen LogP contribution is 2.44. The van der Waals surface area contributed by atoms with E-state index in [0.29, 0.717) is 60.6 Å². The lowest BCUT2D eigenvalue weighted by Gasteiger charge is -2.12. The number of anilines is 2. The van der Waals surface area contributed by atoms with Crippen molar-refractivity contribution >= 4 is 79.0 Å². The molecule has 0 bridgehead atoms. The molecule has 1 aliphatic rings. The third-order valence-corrected chi connectivity index (χ3v) is 10.6. The monoisotopic (exact) mass is 808 g/mol. The second-order valence-electron chi connectivity index (χ2n) is 14.1. The van der Waals surface area contributed by atoms with Crippen molar-refractivity contribution in [3.05, 3.63) is 178 Å². The summed E-state index contributed by atoms with van der Waals surface area (Å²) < 4.78 is 0. The number of carbonyl (C=O) groups is 2. The van der Waals surface area contributed by atoms with Crippen LogP contribution in [0.1, 0.15) is 37.4 Å². The summed E-state index contributed by atoms with van der Waals surface area (Å²) in [6, 6.07) is 43.2. The molecule has 0 saturated heterocycles. The summed E-state index contributed by atoms with van der Waals surface area (Å²) in [6.45, 7) is 1.89. The zero-order chi connectivity index (χ0) is 41.3. The van der Waals surface area contributed by atoms with Crippen LogP contribution in [-0.2, 0) is 11.4 Å². The number of nitrogens with one attached hydrogen (secondary N) is 2. The van der Waals surface area contributed by atoms with Crippen LogP contribution in [0.3, 0.4) is 0 Å². The molecule has 0 fully saturated rings. The second-order valence-corrected chi connectivity index (χ2v) is 14.5. The highest BCUT2D eigenvalue weighted by atomic mass is 35.5. The molecular weight excluding hydrogens is 776 g/mol. The molecule has 0 heterocycles. The van der Waals surface area contributed by atoms with Crippen molar-refractivity contribution in [1.29, 1.82) is 0 Å². The molecule has 0 atom stereocenters. The number of aryl methyl sites for hydroxylation is 1. The second kappa shape index (κ2) is 15.9. The van der Waals surface area contributed by atoms with Crippen molar-refractivity contribution in [3.63, 3.8) is 0 Å². The molecule has 0 saturated carbocycles. The summed E-state index contributed by atoms with van der Waals surface area (Å²) in [4.78, 5) is 33.0. The molecule has 0 unspecified atom stereocenters. The molecule has 8 aromatic carbocycles. The topological polar surface area (TPSA) is 157 Å². The Hall–Kier alpha value is -7.73. The van der Waals surface area contributed by atoms with Crippen LogP contribution in [0.4, 0.5) is 34.1 Å². The minimum atomic E-state index is -0.491. The normalized spacial score (nSPS) is 12.1. The van der Waals surface area contributed by atoms with Gasteiger partial charge >= 0.3 is 0 Å². The maximum atomic E-state index is 13.9. The van der Waals surface area contributed by atoms with E-state index >= 15 is 0 Å². The number of fused-ring (bicyclic) bond motifs is 5. The average molecular weight is 809 g/mol. The Morgan fingerprint density at radius 2 is 1.17 bits per heavy atom. The fourth-order valence-electron chi connectivity index (χ4n) is 7.21. The van der Waals surface area contributed by atoms with Crippen molar-refractivity contribution in [2.45, 2.75) is 13.5 Å². The van der Waals surface area contributed by atoms with E-state index in [1.165, 1.54) is 0 Å². The van der Waals surface area contributed by atoms with Crippen molar-refractivity contribution in [2.24, 2.45) is 20.5 Å². The highest BCUT2D eigenvalue weighted by Gasteiger charge is 2.28. The third kappa shape index (κ3) is 7.19. The first-order valence-corrected chi connectivity index (χ1v) is 19.3. The van der Waals surface area contributed by atoms with Gasteiger partial charge in [0.05, 0.1) is 27.6 Å². The van der Waals surface area contributed by atoms with Gasteiger partial charge in [-0.3, -0.25) is 19.9 Å². The van der Waals surface area contributed by atoms with Crippen molar-refractivity contribution in [1.82, 2.24) is 0 Å². The quantitative estimate of drug-likeness (QED) is 0.0795. The summed E-state index contributed by atoms with van der Waals surface area (Å²) in [5.74, 6) is -1.13. The van der Waals surface area contributed by atoms with E-state index in [4.69, 9.17) is 16.4 Å². The third-order valence-electron chi connectivity index (χ3n) is 10.3. The molecule has 292 valence electrons. The van der Waals surface area contributed by atoms with Crippen LogP contribution in [0.2, 0.25) is 5.02 Å². The van der Waals surface area contributed by atoms with Gasteiger partial charge in [0.25, 0.3) is 5.91 Å². The maximum absolute atomic E-state index is 13.9. The number of ketones is 1. The van der Waals surface area contributed by atoms with Crippen LogP contribution in [0.15, 0.2) is 166 Å². The fraction of sp³-hybridized carbons (Fsp3) is 0.0417. The number of para-hydroxylation sites is 2. The number of phenolic OH excluding ortho intramolecular Hbond substituents is 2. The first-order valence-electron chi connectivity index (χ1n) is 18.9. The van der Waals surface area contributed by atoms with E-state index in [0.717, 1.165) is 22.1 Å². The summed E-state index contributed by atoms with van der Waals surface area (Å²) in [5, 5.41) is 46.7. The fourth-order valence-corrected chi connectivity index (χ4v) is 7.38. The van der Waals surface area contributed by atoms with Crippen molar-refractivity contribution in [3.8, 4) is 22.6 Å². The summed E-state index contributed by atoms with van der Waals surface area (Å²) in [6.07, 6.45) is 0. The predicted molar refractivity (Wildman–Crippen MR) is 234 cm³/mol. The molecule has 8 aromatic rings. The number of azo groups is 2. The molecule has 1 amide bonds. The number of amides is 1. The number of nitrogens with zero attached hydrogens (tertiary/aromatic N) is 4. The van der Waals surface area contributed by atoms with Crippen LogP contribution in [0.25, 0.3) is 32.7 Å². The van der Waals surface area contributed by atoms with Crippen LogP contribution in [0.5, 0.6) is 11.5 Å². The number of rotatable bonds is 10. The van der Waals surface area contributed by atoms with Gasteiger partial charge in [0.2, 0.25) is 0 Å². The molecule has 1 aliphatic carbocycles. The molecule has 11 nitrogen and oxygen atoms in total. The van der Waals surface area contributed by atoms with Crippen molar-refractivity contribution < 1.29 is 24.6 Å². The largest absolute Gasteiger partial charge is 0.505 e. The lowest BCUT2D eigenvalue weighted by molar-refractivity contribution is 0.102. The minimum absolute atomic E-state index is 0.00730. The van der Waals surface area contributed by atoms with Gasteiger partial charge in [-0.1, -0.05) is 103 Å². The molecule has 9 rings (SSSR count). The van der Waals surface area contributed by atoms with Gasteiger partial charge in [-0.05, 0) is 89.0 Å². The van der Waals surface area contributed by atoms with Gasteiger partial charge in [0, 0.05) is 33.2 Å². The molecule has 60 heavy (non-hydrogen) atoms. The molecule has 0 spiro atoms. The Kier molecular flexibility index (Phi) is 10.0. The van der Waals surface area contributed by atoms with Gasteiger partial charge in [-0.15, -0.1) is 10.2 Å². The molecular formula is C48H33ClN6O5. The molecule has 0 aliphatic heterocycles. The molecule has 0 aromatic heterocycles. The Labute approximate surface area is 348 Å². The number of hydrogen-bond donors (Lipinski definition) is 4. The Balaban J connectivity index is 0.971. The van der Waals surface area contributed by atoms with Gasteiger partial charge < -0.3 is 15.5 Å².